The highest BCUT2D eigenvalue weighted by molar-refractivity contribution is 7.99. The summed E-state index contributed by atoms with van der Waals surface area (Å²) in [5.41, 5.74) is 3.09. The molecule has 0 saturated heterocycles. The average molecular weight is 739 g/mol. The lowest BCUT2D eigenvalue weighted by molar-refractivity contribution is 0.316. The molecule has 0 N–H and O–H groups in total. The van der Waals surface area contributed by atoms with Crippen molar-refractivity contribution in [2.24, 2.45) is 5.92 Å². The van der Waals surface area contributed by atoms with E-state index in [9.17, 15) is 0 Å². The second-order valence-corrected chi connectivity index (χ2v) is 20.5. The second kappa shape index (κ2) is 17.0. The first-order valence-corrected chi connectivity index (χ1v) is 22.0. The van der Waals surface area contributed by atoms with Crippen molar-refractivity contribution in [3.8, 4) is 0 Å². The van der Waals surface area contributed by atoms with Crippen molar-refractivity contribution < 1.29 is 0 Å². The molecule has 0 nitrogen and oxygen atoms in total. The molecule has 0 bridgehead atoms. The van der Waals surface area contributed by atoms with Gasteiger partial charge in [0.1, 0.15) is 0 Å². The van der Waals surface area contributed by atoms with Gasteiger partial charge < -0.3 is 0 Å². The van der Waals surface area contributed by atoms with Gasteiger partial charge in [0, 0.05) is 9.79 Å². The van der Waals surface area contributed by atoms with E-state index >= 15 is 0 Å². The van der Waals surface area contributed by atoms with E-state index in [-0.39, 0.29) is 32.6 Å². The summed E-state index contributed by atoms with van der Waals surface area (Å²) in [7, 11) is -0.349. The SMILES string of the molecule is CCCCC(C)C(C)(C)c1ccc([S+](c2ccccc2)c2ccc(Sc3ccc([S+](c4ccccc4)c4ccc(C(C)(C)C)cc4)cc3)cc2)cc1. The first-order valence-electron chi connectivity index (χ1n) is 18.7. The minimum atomic E-state index is -0.180. The zero-order chi connectivity index (χ0) is 36.7. The maximum atomic E-state index is 2.42. The third-order valence-corrected chi connectivity index (χ3v) is 15.8. The van der Waals surface area contributed by atoms with Crippen molar-refractivity contribution in [3.63, 3.8) is 0 Å². The van der Waals surface area contributed by atoms with Gasteiger partial charge in [-0.1, -0.05) is 134 Å². The second-order valence-electron chi connectivity index (χ2n) is 15.3. The van der Waals surface area contributed by atoms with Crippen molar-refractivity contribution in [2.75, 3.05) is 0 Å². The standard InChI is InChI=1S/C49H54S3/c1-8-9-16-37(2)49(6,7)39-23-31-45(32-24-39)52(43-19-14-11-15-20-43)47-35-27-41(28-36-47)50-40-25-33-46(34-26-40)51(42-17-12-10-13-18-42)44-29-21-38(22-30-44)48(3,4)5/h10-15,17-37H,8-9,16H2,1-7H3/q+2. The molecule has 3 atom stereocenters. The van der Waals surface area contributed by atoms with E-state index in [1.54, 1.807) is 0 Å². The summed E-state index contributed by atoms with van der Waals surface area (Å²) in [6.45, 7) is 16.4. The van der Waals surface area contributed by atoms with Gasteiger partial charge >= 0.3 is 0 Å². The van der Waals surface area contributed by atoms with E-state index in [4.69, 9.17) is 0 Å². The van der Waals surface area contributed by atoms with Crippen LogP contribution < -0.4 is 0 Å². The number of hydrogen-bond donors (Lipinski definition) is 0. The lowest BCUT2D eigenvalue weighted by atomic mass is 9.72. The van der Waals surface area contributed by atoms with Crippen LogP contribution in [0.5, 0.6) is 0 Å². The summed E-state index contributed by atoms with van der Waals surface area (Å²) in [5, 5.41) is 0. The van der Waals surface area contributed by atoms with Gasteiger partial charge in [-0.2, -0.15) is 0 Å². The Kier molecular flexibility index (Phi) is 12.5. The maximum Gasteiger partial charge on any atom is 0.166 e. The van der Waals surface area contributed by atoms with Gasteiger partial charge in [0.05, 0.1) is 21.8 Å². The average Bonchev–Trinajstić information content (AvgIpc) is 3.16. The Morgan fingerprint density at radius 2 is 0.808 bits per heavy atom. The summed E-state index contributed by atoms with van der Waals surface area (Å²) >= 11 is 1.84. The summed E-state index contributed by atoms with van der Waals surface area (Å²) in [6, 6.07) is 59.3. The zero-order valence-electron chi connectivity index (χ0n) is 31.9. The van der Waals surface area contributed by atoms with E-state index in [0.29, 0.717) is 5.92 Å². The lowest BCUT2D eigenvalue weighted by Gasteiger charge is -2.32. The van der Waals surface area contributed by atoms with Crippen molar-refractivity contribution >= 4 is 33.6 Å². The molecule has 0 spiro atoms. The maximum absolute atomic E-state index is 2.42. The van der Waals surface area contributed by atoms with Crippen LogP contribution in [-0.2, 0) is 32.6 Å². The first-order chi connectivity index (χ1) is 25.0. The molecule has 6 aromatic carbocycles. The van der Waals surface area contributed by atoms with Crippen LogP contribution in [0.25, 0.3) is 0 Å². The molecule has 0 aliphatic carbocycles. The minimum absolute atomic E-state index is 0.138. The van der Waals surface area contributed by atoms with Crippen LogP contribution in [0.4, 0.5) is 0 Å². The van der Waals surface area contributed by atoms with Crippen LogP contribution in [0, 0.1) is 5.92 Å². The fourth-order valence-electron chi connectivity index (χ4n) is 6.62. The Morgan fingerprint density at radius 1 is 0.462 bits per heavy atom. The predicted molar refractivity (Wildman–Crippen MR) is 228 cm³/mol. The van der Waals surface area contributed by atoms with Crippen molar-refractivity contribution in [3.05, 3.63) is 169 Å². The number of unbranched alkanes of at least 4 members (excludes halogenated alkanes) is 1. The smallest absolute Gasteiger partial charge is 0.0901 e. The molecule has 0 aliphatic rings. The molecule has 0 amide bonds. The molecule has 6 rings (SSSR count). The normalized spacial score (nSPS) is 13.8. The largest absolute Gasteiger partial charge is 0.166 e. The molecule has 52 heavy (non-hydrogen) atoms. The van der Waals surface area contributed by atoms with E-state index in [0.717, 1.165) is 0 Å². The van der Waals surface area contributed by atoms with Crippen LogP contribution in [-0.4, -0.2) is 0 Å². The van der Waals surface area contributed by atoms with E-state index in [2.05, 4.69) is 206 Å². The van der Waals surface area contributed by atoms with E-state index in [1.807, 2.05) is 11.8 Å². The van der Waals surface area contributed by atoms with Crippen molar-refractivity contribution in [2.45, 2.75) is 118 Å². The molecule has 0 heterocycles. The van der Waals surface area contributed by atoms with Crippen LogP contribution in [0.2, 0.25) is 0 Å². The van der Waals surface area contributed by atoms with Gasteiger partial charge in [0.15, 0.2) is 29.4 Å². The molecule has 6 aromatic rings. The quantitative estimate of drug-likeness (QED) is 0.106. The van der Waals surface area contributed by atoms with Gasteiger partial charge in [-0.25, -0.2) is 0 Å². The Labute approximate surface area is 324 Å². The van der Waals surface area contributed by atoms with E-state index < -0.39 is 0 Å². The summed E-state index contributed by atoms with van der Waals surface area (Å²) < 4.78 is 0. The van der Waals surface area contributed by atoms with Crippen LogP contribution >= 0.6 is 11.8 Å². The number of hydrogen-bond acceptors (Lipinski definition) is 1. The van der Waals surface area contributed by atoms with Gasteiger partial charge in [0.25, 0.3) is 0 Å². The topological polar surface area (TPSA) is 0 Å². The van der Waals surface area contributed by atoms with Crippen molar-refractivity contribution in [1.29, 1.82) is 0 Å². The molecule has 0 fully saturated rings. The molecule has 0 radical (unpaired) electrons. The van der Waals surface area contributed by atoms with Crippen LogP contribution in [0.15, 0.2) is 197 Å². The van der Waals surface area contributed by atoms with Gasteiger partial charge in [-0.15, -0.1) is 0 Å². The summed E-state index contributed by atoms with van der Waals surface area (Å²) in [5.74, 6) is 0.642. The highest BCUT2D eigenvalue weighted by Gasteiger charge is 2.32. The molecular formula is C49H54S3+2. The third-order valence-electron chi connectivity index (χ3n) is 10.3. The first kappa shape index (κ1) is 38.1. The molecule has 0 aromatic heterocycles. The third kappa shape index (κ3) is 9.11. The molecule has 3 unspecified atom stereocenters. The number of rotatable bonds is 13. The lowest BCUT2D eigenvalue weighted by Crippen LogP contribution is -2.26. The molecule has 3 heteroatoms. The van der Waals surface area contributed by atoms with Crippen LogP contribution in [0.1, 0.15) is 78.9 Å². The number of benzene rings is 6. The van der Waals surface area contributed by atoms with E-state index in [1.165, 1.54) is 69.6 Å². The Balaban J connectivity index is 1.22. The molecule has 266 valence electrons. The van der Waals surface area contributed by atoms with Gasteiger partial charge in [-0.3, -0.25) is 0 Å². The Morgan fingerprint density at radius 3 is 1.17 bits per heavy atom. The van der Waals surface area contributed by atoms with Gasteiger partial charge in [-0.05, 0) is 131 Å². The summed E-state index contributed by atoms with van der Waals surface area (Å²) in [6.07, 6.45) is 3.82. The van der Waals surface area contributed by atoms with Crippen LogP contribution in [0.3, 0.4) is 0 Å². The highest BCUT2D eigenvalue weighted by atomic mass is 32.2. The molecule has 0 aliphatic heterocycles. The monoisotopic (exact) mass is 738 g/mol. The molecular weight excluding hydrogens is 685 g/mol. The highest BCUT2D eigenvalue weighted by Crippen LogP contribution is 2.39. The summed E-state index contributed by atoms with van der Waals surface area (Å²) in [4.78, 5) is 10.6. The molecule has 0 saturated carbocycles. The Hall–Kier alpha value is -3.63. The van der Waals surface area contributed by atoms with Crippen molar-refractivity contribution in [1.82, 2.24) is 0 Å². The predicted octanol–water partition coefficient (Wildman–Crippen LogP) is 14.4. The fraction of sp³-hybridized carbons (Fsp3) is 0.265. The minimum Gasteiger partial charge on any atom is -0.0901 e. The fourth-order valence-corrected chi connectivity index (χ4v) is 11.6. The van der Waals surface area contributed by atoms with Gasteiger partial charge in [0.2, 0.25) is 0 Å². The zero-order valence-corrected chi connectivity index (χ0v) is 34.4. The Bertz CT molecular complexity index is 1970.